The summed E-state index contributed by atoms with van der Waals surface area (Å²) in [6, 6.07) is 13.6. The summed E-state index contributed by atoms with van der Waals surface area (Å²) in [6.07, 6.45) is 7.97. The molecular weight excluding hydrogens is 478 g/mol. The minimum absolute atomic E-state index is 0.276. The van der Waals surface area contributed by atoms with Gasteiger partial charge in [0.1, 0.15) is 11.5 Å². The third-order valence-corrected chi connectivity index (χ3v) is 7.56. The number of nitrogens with one attached hydrogen (secondary N) is 1. The number of sulfonamides is 1. The smallest absolute Gasteiger partial charge is 0.233 e. The Bertz CT molecular complexity index is 1470. The van der Waals surface area contributed by atoms with E-state index >= 15 is 0 Å². The van der Waals surface area contributed by atoms with E-state index in [0.29, 0.717) is 24.9 Å². The number of piperidine rings is 1. The molecule has 5 rings (SSSR count). The van der Waals surface area contributed by atoms with Gasteiger partial charge in [0.2, 0.25) is 16.0 Å². The largest absolute Gasteiger partial charge is 0.391 e. The molecule has 0 saturated carbocycles. The predicted molar refractivity (Wildman–Crippen MR) is 141 cm³/mol. The zero-order chi connectivity index (χ0) is 25.3. The number of benzene rings is 1. The summed E-state index contributed by atoms with van der Waals surface area (Å²) in [4.78, 5) is 15.7. The molecule has 188 valence electrons. The predicted octanol–water partition coefficient (Wildman–Crippen LogP) is 2.98. The molecule has 1 atom stereocenters. The van der Waals surface area contributed by atoms with Crippen molar-refractivity contribution in [3.8, 4) is 0 Å². The number of rotatable bonds is 7. The Morgan fingerprint density at radius 1 is 1.17 bits per heavy atom. The molecule has 1 saturated heterocycles. The quantitative estimate of drug-likeness (QED) is 0.392. The van der Waals surface area contributed by atoms with Crippen LogP contribution in [0.15, 0.2) is 61.1 Å². The van der Waals surface area contributed by atoms with E-state index in [2.05, 4.69) is 20.2 Å². The van der Waals surface area contributed by atoms with Gasteiger partial charge in [0.15, 0.2) is 0 Å². The molecule has 10 nitrogen and oxygen atoms in total. The molecule has 4 aromatic rings. The van der Waals surface area contributed by atoms with Gasteiger partial charge in [-0.25, -0.2) is 18.4 Å². The van der Waals surface area contributed by atoms with Crippen molar-refractivity contribution in [3.05, 3.63) is 66.6 Å². The molecule has 1 aliphatic heterocycles. The fourth-order valence-corrected chi connectivity index (χ4v) is 4.89. The highest BCUT2D eigenvalue weighted by Gasteiger charge is 2.19. The Morgan fingerprint density at radius 3 is 2.72 bits per heavy atom. The minimum Gasteiger partial charge on any atom is -0.391 e. The maximum Gasteiger partial charge on any atom is 0.233 e. The zero-order valence-corrected chi connectivity index (χ0v) is 21.1. The lowest BCUT2D eigenvalue weighted by molar-refractivity contribution is 0.154. The summed E-state index contributed by atoms with van der Waals surface area (Å²) < 4.78 is 27.3. The van der Waals surface area contributed by atoms with E-state index in [4.69, 9.17) is 4.98 Å². The Labute approximate surface area is 210 Å². The number of anilines is 4. The van der Waals surface area contributed by atoms with Crippen LogP contribution >= 0.6 is 0 Å². The van der Waals surface area contributed by atoms with E-state index in [-0.39, 0.29) is 6.10 Å². The van der Waals surface area contributed by atoms with Crippen molar-refractivity contribution in [2.75, 3.05) is 40.9 Å². The molecule has 0 radical (unpaired) electrons. The number of β-amino-alcohol motifs (C(OH)–C–C–N with tert-alkyl or cyclic N) is 1. The van der Waals surface area contributed by atoms with Gasteiger partial charge in [0.25, 0.3) is 0 Å². The van der Waals surface area contributed by atoms with Crippen LogP contribution in [0.2, 0.25) is 0 Å². The fraction of sp³-hybridized carbons (Fsp3) is 0.320. The van der Waals surface area contributed by atoms with E-state index in [1.807, 2.05) is 47.2 Å². The number of pyridine rings is 1. The molecule has 0 bridgehead atoms. The lowest BCUT2D eigenvalue weighted by atomic mass is 10.1. The van der Waals surface area contributed by atoms with Crippen LogP contribution in [0.25, 0.3) is 11.0 Å². The van der Waals surface area contributed by atoms with Crippen LogP contribution in [-0.4, -0.2) is 65.5 Å². The van der Waals surface area contributed by atoms with Gasteiger partial charge in [-0.1, -0.05) is 6.07 Å². The molecule has 2 N–H and O–H groups in total. The van der Waals surface area contributed by atoms with Crippen LogP contribution in [0.5, 0.6) is 0 Å². The van der Waals surface area contributed by atoms with Gasteiger partial charge in [-0.2, -0.15) is 4.98 Å². The van der Waals surface area contributed by atoms with Crippen LogP contribution in [0.1, 0.15) is 18.4 Å². The number of aliphatic hydroxyl groups excluding tert-OH is 1. The third-order valence-electron chi connectivity index (χ3n) is 6.39. The van der Waals surface area contributed by atoms with Crippen LogP contribution in [0.4, 0.5) is 23.1 Å². The van der Waals surface area contributed by atoms with Gasteiger partial charge in [0, 0.05) is 61.1 Å². The summed E-state index contributed by atoms with van der Waals surface area (Å²) in [5, 5.41) is 14.1. The maximum absolute atomic E-state index is 12.1. The summed E-state index contributed by atoms with van der Waals surface area (Å²) in [5.74, 6) is 0.846. The number of hydrogen-bond acceptors (Lipinski definition) is 8. The van der Waals surface area contributed by atoms with Gasteiger partial charge >= 0.3 is 0 Å². The van der Waals surface area contributed by atoms with Gasteiger partial charge < -0.3 is 19.9 Å². The standard InChI is InChI=1S/C25H29N7O3S/c1-30(36(2,34)35)23-19(5-3-12-26-23)16-32-14-11-18-15-27-25(29-24(18)32)28-20-7-9-21(10-8-20)31-13-4-6-22(33)17-31/h3,5,7-12,14-15,22,33H,4,6,13,16-17H2,1-2H3,(H,27,28,29). The van der Waals surface area contributed by atoms with Crippen molar-refractivity contribution in [2.24, 2.45) is 0 Å². The Balaban J connectivity index is 1.36. The van der Waals surface area contributed by atoms with Crippen molar-refractivity contribution in [1.82, 2.24) is 19.5 Å². The summed E-state index contributed by atoms with van der Waals surface area (Å²) in [7, 11) is -1.95. The molecule has 1 aliphatic rings. The van der Waals surface area contributed by atoms with Gasteiger partial charge in [0.05, 0.1) is 18.9 Å². The van der Waals surface area contributed by atoms with Crippen molar-refractivity contribution >= 4 is 44.2 Å². The van der Waals surface area contributed by atoms with E-state index in [9.17, 15) is 13.5 Å². The fourth-order valence-electron chi connectivity index (χ4n) is 4.41. The summed E-state index contributed by atoms with van der Waals surface area (Å²) in [6.45, 7) is 2.00. The van der Waals surface area contributed by atoms with Crippen molar-refractivity contribution < 1.29 is 13.5 Å². The van der Waals surface area contributed by atoms with E-state index < -0.39 is 10.0 Å². The Morgan fingerprint density at radius 2 is 1.97 bits per heavy atom. The van der Waals surface area contributed by atoms with Crippen LogP contribution < -0.4 is 14.5 Å². The van der Waals surface area contributed by atoms with Crippen molar-refractivity contribution in [3.63, 3.8) is 0 Å². The highest BCUT2D eigenvalue weighted by molar-refractivity contribution is 7.92. The minimum atomic E-state index is -3.44. The zero-order valence-electron chi connectivity index (χ0n) is 20.2. The Kier molecular flexibility index (Phi) is 6.50. The maximum atomic E-state index is 12.1. The van der Waals surface area contributed by atoms with Crippen molar-refractivity contribution in [1.29, 1.82) is 0 Å². The normalized spacial score (nSPS) is 16.3. The molecule has 3 aromatic heterocycles. The number of hydrogen-bond donors (Lipinski definition) is 2. The number of fused-ring (bicyclic) bond motifs is 1. The third kappa shape index (κ3) is 5.12. The molecule has 1 aromatic carbocycles. The highest BCUT2D eigenvalue weighted by Crippen LogP contribution is 2.25. The van der Waals surface area contributed by atoms with Crippen molar-refractivity contribution in [2.45, 2.75) is 25.5 Å². The second-order valence-corrected chi connectivity index (χ2v) is 11.1. The van der Waals surface area contributed by atoms with E-state index in [1.54, 1.807) is 18.5 Å². The Hall–Kier alpha value is -3.70. The molecule has 0 aliphatic carbocycles. The highest BCUT2D eigenvalue weighted by atomic mass is 32.2. The lowest BCUT2D eigenvalue weighted by Crippen LogP contribution is -2.38. The number of nitrogens with zero attached hydrogens (tertiary/aromatic N) is 6. The molecule has 11 heteroatoms. The summed E-state index contributed by atoms with van der Waals surface area (Å²) >= 11 is 0. The first-order chi connectivity index (χ1) is 17.3. The molecular formula is C25H29N7O3S. The van der Waals surface area contributed by atoms with Crippen LogP contribution in [-0.2, 0) is 16.6 Å². The molecule has 1 unspecified atom stereocenters. The average Bonchev–Trinajstić information content (AvgIpc) is 3.26. The average molecular weight is 508 g/mol. The SMILES string of the molecule is CN(c1ncccc1Cn1ccc2cnc(Nc3ccc(N4CCCC(O)C4)cc3)nc21)S(C)(=O)=O. The first-order valence-corrected chi connectivity index (χ1v) is 13.6. The second-order valence-electron chi connectivity index (χ2n) is 9.05. The van der Waals surface area contributed by atoms with Gasteiger partial charge in [-0.05, 0) is 49.2 Å². The summed E-state index contributed by atoms with van der Waals surface area (Å²) in [5.41, 5.74) is 3.42. The monoisotopic (exact) mass is 507 g/mol. The first kappa shape index (κ1) is 24.0. The number of aliphatic hydroxyl groups is 1. The van der Waals surface area contributed by atoms with Gasteiger partial charge in [-0.3, -0.25) is 4.31 Å². The molecule has 1 fully saturated rings. The second kappa shape index (κ2) is 9.75. The molecule has 4 heterocycles. The van der Waals surface area contributed by atoms with Gasteiger partial charge in [-0.15, -0.1) is 0 Å². The number of aromatic nitrogens is 4. The molecule has 0 spiro atoms. The molecule has 36 heavy (non-hydrogen) atoms. The van der Waals surface area contributed by atoms with Crippen LogP contribution in [0, 0.1) is 0 Å². The van der Waals surface area contributed by atoms with E-state index in [1.165, 1.54) is 11.4 Å². The van der Waals surface area contributed by atoms with Crippen LogP contribution in [0.3, 0.4) is 0 Å². The molecule has 0 amide bonds. The lowest BCUT2D eigenvalue weighted by Gasteiger charge is -2.32. The van der Waals surface area contributed by atoms with E-state index in [0.717, 1.165) is 53.6 Å². The topological polar surface area (TPSA) is 116 Å². The first-order valence-electron chi connectivity index (χ1n) is 11.8.